The lowest BCUT2D eigenvalue weighted by Crippen LogP contribution is -2.47. The van der Waals surface area contributed by atoms with Gasteiger partial charge in [-0.25, -0.2) is 4.39 Å². The number of likely N-dealkylation sites (tertiary alicyclic amines) is 1. The number of piperidine rings is 1. The largest absolute Gasteiger partial charge is 0.349 e. The van der Waals surface area contributed by atoms with E-state index in [-0.39, 0.29) is 23.7 Å². The Balaban J connectivity index is 1.44. The summed E-state index contributed by atoms with van der Waals surface area (Å²) >= 11 is 5.00. The molecule has 0 spiro atoms. The van der Waals surface area contributed by atoms with Gasteiger partial charge in [0, 0.05) is 34.1 Å². The minimum atomic E-state index is -0.362. The van der Waals surface area contributed by atoms with Crippen LogP contribution < -0.4 is 5.32 Å². The molecule has 1 aliphatic rings. The van der Waals surface area contributed by atoms with Crippen LogP contribution in [-0.2, 0) is 4.79 Å². The van der Waals surface area contributed by atoms with Crippen LogP contribution in [0, 0.1) is 12.7 Å². The summed E-state index contributed by atoms with van der Waals surface area (Å²) in [6, 6.07) is 11.6. The van der Waals surface area contributed by atoms with Crippen LogP contribution in [0.3, 0.4) is 0 Å². The molecule has 1 heterocycles. The maximum atomic E-state index is 13.0. The fourth-order valence-electron chi connectivity index (χ4n) is 3.15. The molecule has 0 unspecified atom stereocenters. The molecule has 0 aliphatic carbocycles. The van der Waals surface area contributed by atoms with Crippen molar-refractivity contribution in [3.63, 3.8) is 0 Å². The van der Waals surface area contributed by atoms with Crippen LogP contribution in [0.4, 0.5) is 4.39 Å². The van der Waals surface area contributed by atoms with Crippen LogP contribution in [0.25, 0.3) is 0 Å². The molecule has 1 fully saturated rings. The van der Waals surface area contributed by atoms with E-state index in [1.54, 1.807) is 11.8 Å². The van der Waals surface area contributed by atoms with Gasteiger partial charge in [0.2, 0.25) is 5.91 Å². The number of nitrogens with one attached hydrogen (secondary N) is 1. The molecule has 1 saturated heterocycles. The van der Waals surface area contributed by atoms with Gasteiger partial charge in [0.15, 0.2) is 0 Å². The molecule has 2 amide bonds. The van der Waals surface area contributed by atoms with E-state index in [9.17, 15) is 14.0 Å². The number of benzene rings is 2. The Hall–Kier alpha value is -1.86. The van der Waals surface area contributed by atoms with E-state index in [2.05, 4.69) is 21.2 Å². The van der Waals surface area contributed by atoms with Crippen molar-refractivity contribution in [2.75, 3.05) is 18.8 Å². The predicted molar refractivity (Wildman–Crippen MR) is 113 cm³/mol. The Morgan fingerprint density at radius 1 is 1.18 bits per heavy atom. The average molecular weight is 465 g/mol. The van der Waals surface area contributed by atoms with Gasteiger partial charge in [0.05, 0.1) is 5.75 Å². The summed E-state index contributed by atoms with van der Waals surface area (Å²) in [6.45, 7) is 3.30. The highest BCUT2D eigenvalue weighted by Crippen LogP contribution is 2.26. The van der Waals surface area contributed by atoms with E-state index in [0.29, 0.717) is 24.4 Å². The first-order chi connectivity index (χ1) is 13.4. The van der Waals surface area contributed by atoms with E-state index >= 15 is 0 Å². The first-order valence-corrected chi connectivity index (χ1v) is 10.9. The Kier molecular flexibility index (Phi) is 7.13. The van der Waals surface area contributed by atoms with Gasteiger partial charge in [0.1, 0.15) is 5.82 Å². The van der Waals surface area contributed by atoms with E-state index < -0.39 is 0 Å². The van der Waals surface area contributed by atoms with Crippen LogP contribution in [0.5, 0.6) is 0 Å². The SMILES string of the molecule is Cc1cc(Br)ccc1SCC(=O)N1CCC(NC(=O)c2ccc(F)cc2)CC1. The van der Waals surface area contributed by atoms with Gasteiger partial charge < -0.3 is 10.2 Å². The average Bonchev–Trinajstić information content (AvgIpc) is 2.68. The number of carbonyl (C=O) groups excluding carboxylic acids is 2. The lowest BCUT2D eigenvalue weighted by atomic mass is 10.0. The van der Waals surface area contributed by atoms with Gasteiger partial charge in [-0.1, -0.05) is 15.9 Å². The van der Waals surface area contributed by atoms with Crippen molar-refractivity contribution < 1.29 is 14.0 Å². The monoisotopic (exact) mass is 464 g/mol. The third-order valence-corrected chi connectivity index (χ3v) is 6.43. The second-order valence-electron chi connectivity index (χ2n) is 6.83. The molecule has 0 bridgehead atoms. The van der Waals surface area contributed by atoms with Gasteiger partial charge in [-0.3, -0.25) is 9.59 Å². The molecule has 0 saturated carbocycles. The number of thioether (sulfide) groups is 1. The molecule has 148 valence electrons. The summed E-state index contributed by atoms with van der Waals surface area (Å²) in [5.41, 5.74) is 1.59. The van der Waals surface area contributed by atoms with Crippen molar-refractivity contribution in [2.24, 2.45) is 0 Å². The fourth-order valence-corrected chi connectivity index (χ4v) is 4.54. The number of carbonyl (C=O) groups is 2. The topological polar surface area (TPSA) is 49.4 Å². The molecule has 0 aromatic heterocycles. The Labute approximate surface area is 177 Å². The minimum Gasteiger partial charge on any atom is -0.349 e. The van der Waals surface area contributed by atoms with Crippen LogP contribution in [0.1, 0.15) is 28.8 Å². The van der Waals surface area contributed by atoms with Crippen LogP contribution in [0.2, 0.25) is 0 Å². The second kappa shape index (κ2) is 9.56. The van der Waals surface area contributed by atoms with Crippen LogP contribution >= 0.6 is 27.7 Å². The standard InChI is InChI=1S/C21H22BrFN2O2S/c1-14-12-16(22)4-7-19(14)28-13-20(26)25-10-8-18(9-11-25)24-21(27)15-2-5-17(23)6-3-15/h2-7,12,18H,8-11,13H2,1H3,(H,24,27). The van der Waals surface area contributed by atoms with Crippen LogP contribution in [0.15, 0.2) is 51.8 Å². The van der Waals surface area contributed by atoms with Gasteiger partial charge in [-0.15, -0.1) is 11.8 Å². The van der Waals surface area contributed by atoms with Gasteiger partial charge in [-0.05, 0) is 67.8 Å². The number of rotatable bonds is 5. The normalized spacial score (nSPS) is 14.8. The quantitative estimate of drug-likeness (QED) is 0.666. The van der Waals surface area contributed by atoms with Crippen molar-refractivity contribution in [3.05, 3.63) is 63.9 Å². The van der Waals surface area contributed by atoms with E-state index in [1.807, 2.05) is 30.0 Å². The smallest absolute Gasteiger partial charge is 0.251 e. The maximum Gasteiger partial charge on any atom is 0.251 e. The molecule has 4 nitrogen and oxygen atoms in total. The highest BCUT2D eigenvalue weighted by Gasteiger charge is 2.24. The van der Waals surface area contributed by atoms with E-state index in [1.165, 1.54) is 24.3 Å². The third kappa shape index (κ3) is 5.58. The summed E-state index contributed by atoms with van der Waals surface area (Å²) in [6.07, 6.45) is 1.45. The summed E-state index contributed by atoms with van der Waals surface area (Å²) in [4.78, 5) is 27.7. The Morgan fingerprint density at radius 3 is 2.50 bits per heavy atom. The minimum absolute atomic E-state index is 0.0305. The first kappa shape index (κ1) is 20.9. The molecule has 1 N–H and O–H groups in total. The lowest BCUT2D eigenvalue weighted by Gasteiger charge is -2.32. The summed E-state index contributed by atoms with van der Waals surface area (Å²) in [5, 5.41) is 2.98. The Bertz CT molecular complexity index is 852. The fraction of sp³-hybridized carbons (Fsp3) is 0.333. The van der Waals surface area contributed by atoms with E-state index in [0.717, 1.165) is 27.8 Å². The molecular formula is C21H22BrFN2O2S. The molecule has 0 radical (unpaired) electrons. The van der Waals surface area contributed by atoms with Gasteiger partial charge in [0.25, 0.3) is 5.91 Å². The van der Waals surface area contributed by atoms with Gasteiger partial charge >= 0.3 is 0 Å². The van der Waals surface area contributed by atoms with Crippen molar-refractivity contribution in [3.8, 4) is 0 Å². The lowest BCUT2D eigenvalue weighted by molar-refractivity contribution is -0.129. The highest BCUT2D eigenvalue weighted by atomic mass is 79.9. The molecule has 3 rings (SSSR count). The zero-order chi connectivity index (χ0) is 20.1. The number of nitrogens with zero attached hydrogens (tertiary/aromatic N) is 1. The van der Waals surface area contributed by atoms with Crippen molar-refractivity contribution in [2.45, 2.75) is 30.7 Å². The van der Waals surface area contributed by atoms with Crippen molar-refractivity contribution in [1.29, 1.82) is 0 Å². The molecular weight excluding hydrogens is 443 g/mol. The zero-order valence-electron chi connectivity index (χ0n) is 15.6. The molecule has 1 aliphatic heterocycles. The molecule has 28 heavy (non-hydrogen) atoms. The number of aryl methyl sites for hydroxylation is 1. The summed E-state index contributed by atoms with van der Waals surface area (Å²) in [5.74, 6) is -0.0315. The Morgan fingerprint density at radius 2 is 1.86 bits per heavy atom. The number of hydrogen-bond donors (Lipinski definition) is 1. The van der Waals surface area contributed by atoms with Crippen LogP contribution in [-0.4, -0.2) is 41.6 Å². The predicted octanol–water partition coefficient (Wildman–Crippen LogP) is 4.41. The van der Waals surface area contributed by atoms with Gasteiger partial charge in [-0.2, -0.15) is 0 Å². The van der Waals surface area contributed by atoms with Crippen molar-refractivity contribution in [1.82, 2.24) is 10.2 Å². The molecule has 2 aromatic rings. The first-order valence-electron chi connectivity index (χ1n) is 9.15. The zero-order valence-corrected chi connectivity index (χ0v) is 18.0. The second-order valence-corrected chi connectivity index (χ2v) is 8.77. The number of hydrogen-bond acceptors (Lipinski definition) is 3. The molecule has 2 aromatic carbocycles. The number of amides is 2. The summed E-state index contributed by atoms with van der Waals surface area (Å²) in [7, 11) is 0. The number of halogens is 2. The van der Waals surface area contributed by atoms with Crippen molar-refractivity contribution >= 4 is 39.5 Å². The highest BCUT2D eigenvalue weighted by molar-refractivity contribution is 9.10. The molecule has 7 heteroatoms. The maximum absolute atomic E-state index is 13.0. The summed E-state index contributed by atoms with van der Waals surface area (Å²) < 4.78 is 14.0. The third-order valence-electron chi connectivity index (χ3n) is 4.78. The van der Waals surface area contributed by atoms with E-state index in [4.69, 9.17) is 0 Å². The molecule has 0 atom stereocenters.